The van der Waals surface area contributed by atoms with Crippen LogP contribution in [0.2, 0.25) is 0 Å². The standard InChI is InChI=1S/C15H24NO2.C5H5.Fe/c1-10(2)16(11(3)4)14(17)12-8-7-9-13(12)15(5,6)18;1-2-4-5-3-1;/h7-11,18H,1-6H3;1-5H;/q;;+2. The molecule has 0 atom stereocenters. The van der Waals surface area contributed by atoms with Crippen molar-refractivity contribution in [2.24, 2.45) is 0 Å². The maximum absolute atomic E-state index is 12.6. The fourth-order valence-electron chi connectivity index (χ4n) is 2.67. The Morgan fingerprint density at radius 2 is 1.33 bits per heavy atom. The topological polar surface area (TPSA) is 40.5 Å². The van der Waals surface area contributed by atoms with E-state index in [0.717, 1.165) is 0 Å². The van der Waals surface area contributed by atoms with Crippen molar-refractivity contribution < 1.29 is 27.0 Å². The van der Waals surface area contributed by atoms with Gasteiger partial charge in [0, 0.05) is 18.0 Å². The third kappa shape index (κ3) is 7.06. The van der Waals surface area contributed by atoms with E-state index < -0.39 is 5.60 Å². The van der Waals surface area contributed by atoms with Gasteiger partial charge in [-0.2, -0.15) is 0 Å². The van der Waals surface area contributed by atoms with Crippen LogP contribution in [0.5, 0.6) is 0 Å². The van der Waals surface area contributed by atoms with E-state index in [0.29, 0.717) is 11.8 Å². The van der Waals surface area contributed by atoms with Crippen molar-refractivity contribution in [1.29, 1.82) is 0 Å². The average molecular weight is 371 g/mol. The summed E-state index contributed by atoms with van der Waals surface area (Å²) in [4.78, 5) is 14.4. The van der Waals surface area contributed by atoms with Gasteiger partial charge >= 0.3 is 17.1 Å². The van der Waals surface area contributed by atoms with Crippen LogP contribution in [-0.2, 0) is 21.9 Å². The number of carbonyl (C=O) groups excluding carboxylic acids is 1. The Hall–Kier alpha value is -0.0505. The Kier molecular flexibility index (Phi) is 10.8. The number of hydrogen-bond acceptors (Lipinski definition) is 2. The summed E-state index contributed by atoms with van der Waals surface area (Å²) in [6.45, 7) is 11.4. The summed E-state index contributed by atoms with van der Waals surface area (Å²) in [5.74, 6) is 1.28. The molecule has 2 fully saturated rings. The Morgan fingerprint density at radius 1 is 0.917 bits per heavy atom. The Labute approximate surface area is 160 Å². The molecule has 0 aromatic heterocycles. The normalized spacial score (nSPS) is 19.2. The second-order valence-electron chi connectivity index (χ2n) is 6.77. The minimum absolute atomic E-state index is 0. The zero-order valence-corrected chi connectivity index (χ0v) is 16.5. The van der Waals surface area contributed by atoms with Crippen LogP contribution in [0.15, 0.2) is 0 Å². The quantitative estimate of drug-likeness (QED) is 0.771. The van der Waals surface area contributed by atoms with E-state index in [1.54, 1.807) is 20.3 Å². The maximum Gasteiger partial charge on any atom is 2.00 e. The van der Waals surface area contributed by atoms with Crippen molar-refractivity contribution in [3.05, 3.63) is 63.2 Å². The van der Waals surface area contributed by atoms with Crippen molar-refractivity contribution in [3.8, 4) is 0 Å². The molecule has 4 heteroatoms. The summed E-state index contributed by atoms with van der Waals surface area (Å²) in [7, 11) is 0. The van der Waals surface area contributed by atoms with E-state index in [9.17, 15) is 9.90 Å². The van der Waals surface area contributed by atoms with Gasteiger partial charge in [0.2, 0.25) is 5.91 Å². The van der Waals surface area contributed by atoms with E-state index in [2.05, 4.69) is 0 Å². The van der Waals surface area contributed by atoms with E-state index in [-0.39, 0.29) is 35.1 Å². The molecule has 0 heterocycles. The SMILES string of the molecule is CC(C)N(C(=O)[C]1[CH][CH][CH][C]1C(C)(C)O)C(C)C.[CH]1[CH][CH][CH][CH]1.[Fe+2]. The van der Waals surface area contributed by atoms with Crippen LogP contribution in [0.25, 0.3) is 0 Å². The van der Waals surface area contributed by atoms with Gasteiger partial charge < -0.3 is 10.0 Å². The molecule has 1 N–H and O–H groups in total. The van der Waals surface area contributed by atoms with Gasteiger partial charge in [0.25, 0.3) is 0 Å². The molecule has 132 valence electrons. The molecule has 0 aromatic rings. The van der Waals surface area contributed by atoms with Crippen molar-refractivity contribution in [3.63, 3.8) is 0 Å². The summed E-state index contributed by atoms with van der Waals surface area (Å²) in [6, 6.07) is 0.282. The summed E-state index contributed by atoms with van der Waals surface area (Å²) in [6.07, 6.45) is 15.4. The fraction of sp³-hybridized carbons (Fsp3) is 0.450. The Bertz CT molecular complexity index is 344. The van der Waals surface area contributed by atoms with Gasteiger partial charge in [-0.1, -0.05) is 0 Å². The predicted octanol–water partition coefficient (Wildman–Crippen LogP) is 3.20. The number of carbonyl (C=O) groups is 1. The summed E-state index contributed by atoms with van der Waals surface area (Å²) >= 11 is 0. The van der Waals surface area contributed by atoms with Gasteiger partial charge in [-0.3, -0.25) is 4.79 Å². The number of nitrogens with zero attached hydrogens (tertiary/aromatic N) is 1. The van der Waals surface area contributed by atoms with Crippen LogP contribution < -0.4 is 0 Å². The Balaban J connectivity index is 0.000000751. The number of hydrogen-bond donors (Lipinski definition) is 1. The number of rotatable bonds is 4. The summed E-state index contributed by atoms with van der Waals surface area (Å²) in [5.41, 5.74) is -0.992. The second kappa shape index (κ2) is 10.8. The van der Waals surface area contributed by atoms with E-state index in [4.69, 9.17) is 0 Å². The van der Waals surface area contributed by atoms with Crippen LogP contribution >= 0.6 is 0 Å². The van der Waals surface area contributed by atoms with Crippen LogP contribution in [0, 0.1) is 63.2 Å². The van der Waals surface area contributed by atoms with Gasteiger partial charge in [0.1, 0.15) is 0 Å². The molecule has 10 radical (unpaired) electrons. The fourth-order valence-corrected chi connectivity index (χ4v) is 2.67. The van der Waals surface area contributed by atoms with Crippen molar-refractivity contribution in [2.45, 2.75) is 59.2 Å². The first-order valence-corrected chi connectivity index (χ1v) is 8.14. The largest absolute Gasteiger partial charge is 2.00 e. The van der Waals surface area contributed by atoms with E-state index >= 15 is 0 Å². The van der Waals surface area contributed by atoms with E-state index in [1.807, 2.05) is 77.5 Å². The van der Waals surface area contributed by atoms with Gasteiger partial charge in [-0.15, -0.1) is 0 Å². The van der Waals surface area contributed by atoms with Gasteiger partial charge in [0.05, 0.1) is 11.5 Å². The third-order valence-corrected chi connectivity index (χ3v) is 3.61. The molecule has 2 rings (SSSR count). The molecule has 1 amide bonds. The van der Waals surface area contributed by atoms with Crippen LogP contribution in [0.1, 0.15) is 41.5 Å². The second-order valence-corrected chi connectivity index (χ2v) is 6.77. The molecule has 0 aliphatic heterocycles. The van der Waals surface area contributed by atoms with Gasteiger partial charge in [0.15, 0.2) is 0 Å². The monoisotopic (exact) mass is 371 g/mol. The molecule has 0 spiro atoms. The minimum atomic E-state index is -0.992. The molecule has 0 bridgehead atoms. The van der Waals surface area contributed by atoms with E-state index in [1.165, 1.54) is 0 Å². The van der Waals surface area contributed by atoms with Gasteiger partial charge in [-0.25, -0.2) is 0 Å². The zero-order chi connectivity index (χ0) is 17.6. The molecule has 2 saturated carbocycles. The zero-order valence-electron chi connectivity index (χ0n) is 15.4. The summed E-state index contributed by atoms with van der Waals surface area (Å²) < 4.78 is 0. The first kappa shape index (κ1) is 23.9. The summed E-state index contributed by atoms with van der Waals surface area (Å²) in [5, 5.41) is 10.1. The first-order chi connectivity index (χ1) is 10.7. The molecule has 0 unspecified atom stereocenters. The molecule has 2 aliphatic carbocycles. The van der Waals surface area contributed by atoms with Crippen LogP contribution in [0.4, 0.5) is 0 Å². The van der Waals surface area contributed by atoms with Gasteiger partial charge in [-0.05, 0) is 92.9 Å². The molecule has 24 heavy (non-hydrogen) atoms. The van der Waals surface area contributed by atoms with Crippen molar-refractivity contribution in [1.82, 2.24) is 4.90 Å². The Morgan fingerprint density at radius 3 is 1.67 bits per heavy atom. The third-order valence-electron chi connectivity index (χ3n) is 3.61. The van der Waals surface area contributed by atoms with Crippen molar-refractivity contribution >= 4 is 5.91 Å². The predicted molar refractivity (Wildman–Crippen MR) is 94.3 cm³/mol. The number of aliphatic hydroxyl groups is 1. The molecule has 0 aromatic carbocycles. The number of amides is 1. The first-order valence-electron chi connectivity index (χ1n) is 8.14. The molecular formula is C20H29FeNO2+2. The van der Waals surface area contributed by atoms with Crippen LogP contribution in [-0.4, -0.2) is 33.6 Å². The molecule has 3 nitrogen and oxygen atoms in total. The minimum Gasteiger partial charge on any atom is -0.390 e. The molecule has 2 aliphatic rings. The average Bonchev–Trinajstić information content (AvgIpc) is 3.12. The smallest absolute Gasteiger partial charge is 0.390 e. The maximum atomic E-state index is 12.6. The van der Waals surface area contributed by atoms with Crippen LogP contribution in [0.3, 0.4) is 0 Å². The van der Waals surface area contributed by atoms with Crippen molar-refractivity contribution in [2.75, 3.05) is 0 Å². The molecule has 0 saturated heterocycles. The molecular weight excluding hydrogens is 342 g/mol.